The zero-order valence-electron chi connectivity index (χ0n) is 16.9. The van der Waals surface area contributed by atoms with E-state index >= 15 is 0 Å². The third-order valence-electron chi connectivity index (χ3n) is 4.84. The zero-order valence-corrected chi connectivity index (χ0v) is 17.8. The molecule has 0 unspecified atom stereocenters. The Bertz CT molecular complexity index is 1170. The fourth-order valence-corrected chi connectivity index (χ4v) is 4.16. The van der Waals surface area contributed by atoms with Gasteiger partial charge in [-0.25, -0.2) is 0 Å². The summed E-state index contributed by atoms with van der Waals surface area (Å²) < 4.78 is 8.95. The van der Waals surface area contributed by atoms with Gasteiger partial charge < -0.3 is 9.30 Å². The summed E-state index contributed by atoms with van der Waals surface area (Å²) in [5.41, 5.74) is 4.46. The summed E-state index contributed by atoms with van der Waals surface area (Å²) in [6.45, 7) is 3.96. The Morgan fingerprint density at radius 2 is 1.77 bits per heavy atom. The summed E-state index contributed by atoms with van der Waals surface area (Å²) in [4.78, 5) is 13.0. The van der Waals surface area contributed by atoms with Gasteiger partial charge in [0, 0.05) is 22.6 Å². The second-order valence-corrected chi connectivity index (χ2v) is 7.68. The maximum atomic E-state index is 13.0. The average Bonchev–Trinajstić information content (AvgIpc) is 3.37. The number of carbonyl (C=O) groups excluding carboxylic acids is 1. The van der Waals surface area contributed by atoms with Crippen molar-refractivity contribution in [2.75, 3.05) is 12.9 Å². The molecular formula is C22H21N5O2S. The number of Topliss-reactive ketones (excluding diaryl/α,β-unsaturated/α-hetero) is 1. The number of para-hydroxylation sites is 1. The minimum absolute atomic E-state index is 0.0375. The zero-order chi connectivity index (χ0) is 21.1. The number of hydrogen-bond acceptors (Lipinski definition) is 6. The van der Waals surface area contributed by atoms with E-state index in [4.69, 9.17) is 4.74 Å². The second kappa shape index (κ2) is 8.54. The predicted molar refractivity (Wildman–Crippen MR) is 116 cm³/mol. The van der Waals surface area contributed by atoms with E-state index in [2.05, 4.69) is 20.1 Å². The molecule has 7 nitrogen and oxygen atoms in total. The lowest BCUT2D eigenvalue weighted by atomic mass is 10.2. The van der Waals surface area contributed by atoms with Crippen molar-refractivity contribution >= 4 is 17.5 Å². The Balaban J connectivity index is 1.53. The number of hydrogen-bond donors (Lipinski definition) is 0. The Hall–Kier alpha value is -3.39. The maximum Gasteiger partial charge on any atom is 0.214 e. The number of aromatic nitrogens is 5. The highest BCUT2D eigenvalue weighted by atomic mass is 32.2. The SMILES string of the molecule is COc1ccc(-n2c(C)cc(C(=O)CSc3nnnn3-c3ccccc3)c2C)cc1. The number of rotatable bonds is 7. The summed E-state index contributed by atoms with van der Waals surface area (Å²) in [5.74, 6) is 1.08. The molecule has 2 heterocycles. The van der Waals surface area contributed by atoms with Crippen LogP contribution in [0.5, 0.6) is 5.75 Å². The van der Waals surface area contributed by atoms with Crippen molar-refractivity contribution in [1.29, 1.82) is 0 Å². The Morgan fingerprint density at radius 1 is 1.03 bits per heavy atom. The average molecular weight is 420 g/mol. The van der Waals surface area contributed by atoms with Gasteiger partial charge in [0.05, 0.1) is 18.6 Å². The number of benzene rings is 2. The molecule has 30 heavy (non-hydrogen) atoms. The molecule has 0 atom stereocenters. The highest BCUT2D eigenvalue weighted by Crippen LogP contribution is 2.25. The van der Waals surface area contributed by atoms with E-state index < -0.39 is 0 Å². The fraction of sp³-hybridized carbons (Fsp3) is 0.182. The molecule has 0 aliphatic rings. The monoisotopic (exact) mass is 419 g/mol. The van der Waals surface area contributed by atoms with Crippen LogP contribution in [0.1, 0.15) is 21.7 Å². The minimum Gasteiger partial charge on any atom is -0.497 e. The number of methoxy groups -OCH3 is 1. The fourth-order valence-electron chi connectivity index (χ4n) is 3.38. The smallest absolute Gasteiger partial charge is 0.214 e. The van der Waals surface area contributed by atoms with Gasteiger partial charge in [-0.1, -0.05) is 30.0 Å². The number of nitrogens with zero attached hydrogens (tertiary/aromatic N) is 5. The van der Waals surface area contributed by atoms with Gasteiger partial charge in [0.1, 0.15) is 5.75 Å². The molecular weight excluding hydrogens is 398 g/mol. The van der Waals surface area contributed by atoms with Gasteiger partial charge in [-0.05, 0) is 66.7 Å². The van der Waals surface area contributed by atoms with Crippen LogP contribution in [0.15, 0.2) is 65.8 Å². The van der Waals surface area contributed by atoms with Crippen molar-refractivity contribution in [2.24, 2.45) is 0 Å². The van der Waals surface area contributed by atoms with Crippen LogP contribution in [0.25, 0.3) is 11.4 Å². The Kier molecular flexibility index (Phi) is 5.67. The van der Waals surface area contributed by atoms with Crippen LogP contribution in [0.3, 0.4) is 0 Å². The summed E-state index contributed by atoms with van der Waals surface area (Å²) in [5, 5.41) is 12.4. The molecule has 2 aromatic carbocycles. The van der Waals surface area contributed by atoms with Gasteiger partial charge in [0.2, 0.25) is 5.16 Å². The molecule has 0 saturated carbocycles. The molecule has 0 radical (unpaired) electrons. The predicted octanol–water partition coefficient (Wildman–Crippen LogP) is 4.05. The second-order valence-electron chi connectivity index (χ2n) is 6.74. The first-order valence-electron chi connectivity index (χ1n) is 9.41. The van der Waals surface area contributed by atoms with E-state index in [0.29, 0.717) is 10.7 Å². The maximum absolute atomic E-state index is 13.0. The van der Waals surface area contributed by atoms with E-state index in [1.54, 1.807) is 11.8 Å². The van der Waals surface area contributed by atoms with Gasteiger partial charge >= 0.3 is 0 Å². The molecule has 4 rings (SSSR count). The molecule has 0 bridgehead atoms. The van der Waals surface area contributed by atoms with Gasteiger partial charge in [-0.3, -0.25) is 4.79 Å². The third kappa shape index (κ3) is 3.86. The van der Waals surface area contributed by atoms with Gasteiger partial charge in [-0.2, -0.15) is 4.68 Å². The van der Waals surface area contributed by atoms with Crippen LogP contribution in [0.2, 0.25) is 0 Å². The van der Waals surface area contributed by atoms with E-state index in [-0.39, 0.29) is 11.5 Å². The van der Waals surface area contributed by atoms with Gasteiger partial charge in [0.15, 0.2) is 5.78 Å². The summed E-state index contributed by atoms with van der Waals surface area (Å²) >= 11 is 1.33. The number of aryl methyl sites for hydroxylation is 1. The van der Waals surface area contributed by atoms with E-state index in [9.17, 15) is 4.79 Å². The molecule has 0 saturated heterocycles. The first-order valence-corrected chi connectivity index (χ1v) is 10.4. The standard InChI is InChI=1S/C22H21N5O2S/c1-15-13-20(16(2)26(15)17-9-11-19(29-3)12-10-17)21(28)14-30-22-23-24-25-27(22)18-7-5-4-6-8-18/h4-13H,14H2,1-3H3. The highest BCUT2D eigenvalue weighted by Gasteiger charge is 2.18. The molecule has 0 fully saturated rings. The number of ketones is 1. The normalized spacial score (nSPS) is 10.9. The van der Waals surface area contributed by atoms with E-state index in [1.807, 2.05) is 74.5 Å². The van der Waals surface area contributed by atoms with Gasteiger partial charge in [-0.15, -0.1) is 5.10 Å². The highest BCUT2D eigenvalue weighted by molar-refractivity contribution is 7.99. The molecule has 0 spiro atoms. The number of thioether (sulfide) groups is 1. The van der Waals surface area contributed by atoms with Crippen LogP contribution in [0.4, 0.5) is 0 Å². The van der Waals surface area contributed by atoms with Crippen molar-refractivity contribution in [3.63, 3.8) is 0 Å². The topological polar surface area (TPSA) is 74.8 Å². The van der Waals surface area contributed by atoms with Crippen LogP contribution in [-0.2, 0) is 0 Å². The molecule has 152 valence electrons. The van der Waals surface area contributed by atoms with Crippen LogP contribution in [0, 0.1) is 13.8 Å². The van der Waals surface area contributed by atoms with Crippen LogP contribution >= 0.6 is 11.8 Å². The quantitative estimate of drug-likeness (QED) is 0.332. The molecule has 0 N–H and O–H groups in total. The van der Waals surface area contributed by atoms with Crippen molar-refractivity contribution in [2.45, 2.75) is 19.0 Å². The first kappa shape index (κ1) is 19.9. The number of ether oxygens (including phenoxy) is 1. The molecule has 2 aromatic heterocycles. The summed E-state index contributed by atoms with van der Waals surface area (Å²) in [6.07, 6.45) is 0. The Morgan fingerprint density at radius 3 is 2.47 bits per heavy atom. The van der Waals surface area contributed by atoms with E-state index in [1.165, 1.54) is 11.8 Å². The number of carbonyl (C=O) groups is 1. The van der Waals surface area contributed by atoms with Crippen molar-refractivity contribution in [3.05, 3.63) is 77.6 Å². The van der Waals surface area contributed by atoms with Crippen molar-refractivity contribution in [3.8, 4) is 17.1 Å². The van der Waals surface area contributed by atoms with Crippen molar-refractivity contribution < 1.29 is 9.53 Å². The molecule has 8 heteroatoms. The Labute approximate surface area is 178 Å². The largest absolute Gasteiger partial charge is 0.497 e. The third-order valence-corrected chi connectivity index (χ3v) is 5.76. The van der Waals surface area contributed by atoms with Crippen LogP contribution in [-0.4, -0.2) is 43.4 Å². The lowest BCUT2D eigenvalue weighted by Gasteiger charge is -2.10. The minimum atomic E-state index is 0.0375. The van der Waals surface area contributed by atoms with Gasteiger partial charge in [0.25, 0.3) is 0 Å². The van der Waals surface area contributed by atoms with Crippen LogP contribution < -0.4 is 4.74 Å². The lowest BCUT2D eigenvalue weighted by Crippen LogP contribution is -2.07. The molecule has 0 aliphatic carbocycles. The molecule has 0 aliphatic heterocycles. The van der Waals surface area contributed by atoms with E-state index in [0.717, 1.165) is 28.5 Å². The summed E-state index contributed by atoms with van der Waals surface area (Å²) in [6, 6.07) is 19.3. The number of tetrazole rings is 1. The lowest BCUT2D eigenvalue weighted by molar-refractivity contribution is 0.102. The first-order chi connectivity index (χ1) is 14.6. The summed E-state index contributed by atoms with van der Waals surface area (Å²) in [7, 11) is 1.64. The molecule has 0 amide bonds. The molecule has 4 aromatic rings. The van der Waals surface area contributed by atoms with Crippen molar-refractivity contribution in [1.82, 2.24) is 24.8 Å².